The Balaban J connectivity index is 1.66. The largest absolute Gasteiger partial charge is 0.497 e. The minimum atomic E-state index is -0.864. The lowest BCUT2D eigenvalue weighted by atomic mass is 9.82. The molecule has 0 radical (unpaired) electrons. The van der Waals surface area contributed by atoms with Gasteiger partial charge in [-0.25, -0.2) is 4.79 Å². The van der Waals surface area contributed by atoms with Crippen molar-refractivity contribution >= 4 is 12.1 Å². The average molecular weight is 499 g/mol. The van der Waals surface area contributed by atoms with Crippen molar-refractivity contribution in [1.82, 2.24) is 9.80 Å². The Morgan fingerprint density at radius 1 is 1.06 bits per heavy atom. The van der Waals surface area contributed by atoms with E-state index in [0.29, 0.717) is 50.0 Å². The Kier molecular flexibility index (Phi) is 8.20. The number of benzene rings is 2. The van der Waals surface area contributed by atoms with Gasteiger partial charge < -0.3 is 29.0 Å². The number of aliphatic carboxylic acids is 1. The molecule has 4 rings (SSSR count). The Bertz CT molecular complexity index is 1060. The molecule has 0 aromatic heterocycles. The number of carbonyl (C=O) groups excluding carboxylic acids is 1. The molecule has 1 amide bonds. The molecular formula is C27H34N2O7. The fourth-order valence-electron chi connectivity index (χ4n) is 5.17. The zero-order valence-electron chi connectivity index (χ0n) is 21.0. The number of nitrogens with zero attached hydrogens (tertiary/aromatic N) is 2. The zero-order chi connectivity index (χ0) is 25.7. The van der Waals surface area contributed by atoms with Crippen LogP contribution in [-0.4, -0.2) is 73.7 Å². The quantitative estimate of drug-likeness (QED) is 0.522. The van der Waals surface area contributed by atoms with Gasteiger partial charge in [-0.15, -0.1) is 0 Å². The first-order chi connectivity index (χ1) is 17.5. The van der Waals surface area contributed by atoms with Crippen molar-refractivity contribution in [1.29, 1.82) is 0 Å². The highest BCUT2D eigenvalue weighted by atomic mass is 16.7. The highest BCUT2D eigenvalue weighted by Crippen LogP contribution is 2.47. The number of carboxylic acids is 1. The highest BCUT2D eigenvalue weighted by Gasteiger charge is 2.47. The van der Waals surface area contributed by atoms with Gasteiger partial charge in [0.25, 0.3) is 0 Å². The monoisotopic (exact) mass is 498 g/mol. The summed E-state index contributed by atoms with van der Waals surface area (Å²) in [4.78, 5) is 29.0. The third kappa shape index (κ3) is 5.36. The molecule has 9 heteroatoms. The number of carboxylic acid groups (broad SMARTS) is 1. The van der Waals surface area contributed by atoms with Crippen LogP contribution in [0.2, 0.25) is 0 Å². The molecule has 0 bridgehead atoms. The van der Waals surface area contributed by atoms with Gasteiger partial charge in [-0.05, 0) is 48.7 Å². The molecule has 194 valence electrons. The van der Waals surface area contributed by atoms with Gasteiger partial charge in [0, 0.05) is 38.1 Å². The number of rotatable bonds is 10. The number of carbonyl (C=O) groups is 2. The van der Waals surface area contributed by atoms with Gasteiger partial charge in [0.2, 0.25) is 6.79 Å². The molecule has 0 saturated carbocycles. The molecule has 2 aliphatic rings. The Hall–Kier alpha value is -3.46. The molecule has 0 unspecified atom stereocenters. The maximum Gasteiger partial charge on any atom is 0.409 e. The van der Waals surface area contributed by atoms with Gasteiger partial charge in [0.15, 0.2) is 11.5 Å². The van der Waals surface area contributed by atoms with Crippen molar-refractivity contribution < 1.29 is 33.6 Å². The van der Waals surface area contributed by atoms with Crippen LogP contribution >= 0.6 is 0 Å². The van der Waals surface area contributed by atoms with E-state index < -0.39 is 11.9 Å². The van der Waals surface area contributed by atoms with E-state index in [0.717, 1.165) is 17.5 Å². The molecule has 0 spiro atoms. The van der Waals surface area contributed by atoms with Crippen LogP contribution in [0.5, 0.6) is 17.2 Å². The second kappa shape index (κ2) is 11.5. The molecule has 2 aromatic rings. The van der Waals surface area contributed by atoms with Crippen LogP contribution in [0.3, 0.4) is 0 Å². The summed E-state index contributed by atoms with van der Waals surface area (Å²) in [6.45, 7) is 6.33. The number of fused-ring (bicyclic) bond motifs is 1. The predicted octanol–water partition coefficient (Wildman–Crippen LogP) is 4.13. The summed E-state index contributed by atoms with van der Waals surface area (Å²) in [5, 5.41) is 10.4. The van der Waals surface area contributed by atoms with Crippen molar-refractivity contribution in [3.05, 3.63) is 53.6 Å². The maximum atomic E-state index is 12.7. The standard InChI is InChI=1S/C27H34N2O7/c1-4-12-28(27(32)34-5-2)13-14-29-16-21(19-8-11-22-23(15-19)36-17-35-22)24(26(30)31)25(29)18-6-9-20(33-3)10-7-18/h6-11,15,21,24-25H,4-5,12-14,16-17H2,1-3H3,(H,30,31)/t21-,24+,25-/m1/s1. The molecule has 2 aliphatic heterocycles. The Morgan fingerprint density at radius 2 is 1.78 bits per heavy atom. The van der Waals surface area contributed by atoms with Crippen LogP contribution in [-0.2, 0) is 9.53 Å². The summed E-state index contributed by atoms with van der Waals surface area (Å²) in [5.41, 5.74) is 1.79. The van der Waals surface area contributed by atoms with E-state index in [1.807, 2.05) is 49.4 Å². The predicted molar refractivity (Wildman–Crippen MR) is 133 cm³/mol. The van der Waals surface area contributed by atoms with Gasteiger partial charge in [-0.3, -0.25) is 9.69 Å². The molecule has 1 fully saturated rings. The van der Waals surface area contributed by atoms with Gasteiger partial charge in [0.05, 0.1) is 19.6 Å². The Labute approximate surface area is 211 Å². The van der Waals surface area contributed by atoms with Gasteiger partial charge in [-0.2, -0.15) is 0 Å². The van der Waals surface area contributed by atoms with Crippen LogP contribution in [0.15, 0.2) is 42.5 Å². The normalized spacial score (nSPS) is 20.8. The number of methoxy groups -OCH3 is 1. The number of likely N-dealkylation sites (tertiary alicyclic amines) is 1. The van der Waals surface area contributed by atoms with Crippen LogP contribution < -0.4 is 14.2 Å². The van der Waals surface area contributed by atoms with Crippen molar-refractivity contribution in [2.24, 2.45) is 5.92 Å². The third-order valence-electron chi connectivity index (χ3n) is 6.84. The molecule has 36 heavy (non-hydrogen) atoms. The van der Waals surface area contributed by atoms with E-state index in [9.17, 15) is 14.7 Å². The fraction of sp³-hybridized carbons (Fsp3) is 0.481. The molecular weight excluding hydrogens is 464 g/mol. The zero-order valence-corrected chi connectivity index (χ0v) is 21.0. The van der Waals surface area contributed by atoms with Crippen molar-refractivity contribution in [2.45, 2.75) is 32.2 Å². The molecule has 2 heterocycles. The van der Waals surface area contributed by atoms with Crippen LogP contribution in [0.25, 0.3) is 0 Å². The van der Waals surface area contributed by atoms with Crippen LogP contribution in [0.4, 0.5) is 4.79 Å². The minimum absolute atomic E-state index is 0.160. The first kappa shape index (κ1) is 25.6. The maximum absolute atomic E-state index is 12.7. The third-order valence-corrected chi connectivity index (χ3v) is 6.84. The van der Waals surface area contributed by atoms with Crippen LogP contribution in [0, 0.1) is 5.92 Å². The molecule has 9 nitrogen and oxygen atoms in total. The van der Waals surface area contributed by atoms with E-state index in [1.54, 1.807) is 18.9 Å². The molecule has 1 N–H and O–H groups in total. The van der Waals surface area contributed by atoms with Gasteiger partial charge in [0.1, 0.15) is 5.75 Å². The topological polar surface area (TPSA) is 97.8 Å². The van der Waals surface area contributed by atoms with Crippen molar-refractivity contribution in [2.75, 3.05) is 46.7 Å². The highest BCUT2D eigenvalue weighted by molar-refractivity contribution is 5.74. The molecule has 2 aromatic carbocycles. The van der Waals surface area contributed by atoms with Crippen molar-refractivity contribution in [3.8, 4) is 17.2 Å². The smallest absolute Gasteiger partial charge is 0.409 e. The number of hydrogen-bond acceptors (Lipinski definition) is 7. The number of ether oxygens (including phenoxy) is 4. The summed E-state index contributed by atoms with van der Waals surface area (Å²) in [5.74, 6) is 0.173. The lowest BCUT2D eigenvalue weighted by molar-refractivity contribution is -0.143. The van der Waals surface area contributed by atoms with E-state index in [1.165, 1.54) is 0 Å². The molecule has 1 saturated heterocycles. The SMILES string of the molecule is CCCN(CCN1C[C@H](c2ccc3c(c2)OCO3)[C@H](C(=O)O)[C@H]1c1ccc(OC)cc1)C(=O)OCC. The summed E-state index contributed by atoms with van der Waals surface area (Å²) >= 11 is 0. The number of hydrogen-bond donors (Lipinski definition) is 1. The van der Waals surface area contributed by atoms with Gasteiger partial charge >= 0.3 is 12.1 Å². The summed E-state index contributed by atoms with van der Waals surface area (Å²) in [6, 6.07) is 12.8. The minimum Gasteiger partial charge on any atom is -0.497 e. The second-order valence-electron chi connectivity index (χ2n) is 8.98. The lowest BCUT2D eigenvalue weighted by Gasteiger charge is -2.30. The summed E-state index contributed by atoms with van der Waals surface area (Å²) < 4.78 is 21.5. The Morgan fingerprint density at radius 3 is 2.44 bits per heavy atom. The van der Waals surface area contributed by atoms with Crippen LogP contribution in [0.1, 0.15) is 43.4 Å². The average Bonchev–Trinajstić information content (AvgIpc) is 3.51. The van der Waals surface area contributed by atoms with Crippen molar-refractivity contribution in [3.63, 3.8) is 0 Å². The van der Waals surface area contributed by atoms with Gasteiger partial charge in [-0.1, -0.05) is 25.1 Å². The fourth-order valence-corrected chi connectivity index (χ4v) is 5.17. The van der Waals surface area contributed by atoms with E-state index in [2.05, 4.69) is 4.90 Å². The second-order valence-corrected chi connectivity index (χ2v) is 8.98. The summed E-state index contributed by atoms with van der Waals surface area (Å²) in [7, 11) is 1.60. The first-order valence-corrected chi connectivity index (χ1v) is 12.4. The van der Waals surface area contributed by atoms with E-state index >= 15 is 0 Å². The lowest BCUT2D eigenvalue weighted by Crippen LogP contribution is -2.40. The number of amides is 1. The van der Waals surface area contributed by atoms with E-state index in [4.69, 9.17) is 18.9 Å². The first-order valence-electron chi connectivity index (χ1n) is 12.4. The molecule has 3 atom stereocenters. The molecule has 0 aliphatic carbocycles. The van der Waals surface area contributed by atoms with E-state index in [-0.39, 0.29) is 24.8 Å². The summed E-state index contributed by atoms with van der Waals surface area (Å²) in [6.07, 6.45) is 0.458.